The SMILES string of the molecule is O=C(OCc1ccccc1)N1CCCCC1c1cccnc1N1CCCCC1. The highest BCUT2D eigenvalue weighted by molar-refractivity contribution is 5.69. The number of aromatic nitrogens is 1. The van der Waals surface area contributed by atoms with Crippen molar-refractivity contribution in [2.24, 2.45) is 0 Å². The molecule has 1 atom stereocenters. The number of carbonyl (C=O) groups is 1. The number of nitrogens with zero attached hydrogens (tertiary/aromatic N) is 3. The minimum Gasteiger partial charge on any atom is -0.445 e. The maximum Gasteiger partial charge on any atom is 0.410 e. The average Bonchev–Trinajstić information content (AvgIpc) is 2.79. The minimum atomic E-state index is -0.220. The number of ether oxygens (including phenoxy) is 1. The number of rotatable bonds is 4. The lowest BCUT2D eigenvalue weighted by atomic mass is 9.95. The van der Waals surface area contributed by atoms with E-state index in [0.717, 1.165) is 50.3 Å². The van der Waals surface area contributed by atoms with Gasteiger partial charge in [-0.1, -0.05) is 36.4 Å². The number of piperidine rings is 2. The zero-order valence-electron chi connectivity index (χ0n) is 16.4. The molecular weight excluding hydrogens is 350 g/mol. The smallest absolute Gasteiger partial charge is 0.410 e. The van der Waals surface area contributed by atoms with Gasteiger partial charge in [0.25, 0.3) is 0 Å². The molecule has 148 valence electrons. The molecule has 1 aromatic carbocycles. The second kappa shape index (κ2) is 9.09. The Hall–Kier alpha value is -2.56. The average molecular weight is 380 g/mol. The van der Waals surface area contributed by atoms with E-state index in [1.165, 1.54) is 24.8 Å². The summed E-state index contributed by atoms with van der Waals surface area (Å²) >= 11 is 0. The van der Waals surface area contributed by atoms with Crippen molar-refractivity contribution < 1.29 is 9.53 Å². The largest absolute Gasteiger partial charge is 0.445 e. The third-order valence-electron chi connectivity index (χ3n) is 5.77. The molecule has 2 fully saturated rings. The Labute approximate surface area is 167 Å². The normalized spacial score (nSPS) is 20.1. The van der Waals surface area contributed by atoms with Gasteiger partial charge in [0, 0.05) is 31.4 Å². The first-order valence-corrected chi connectivity index (χ1v) is 10.5. The number of benzene rings is 1. The Morgan fingerprint density at radius 2 is 1.75 bits per heavy atom. The van der Waals surface area contributed by atoms with Crippen LogP contribution in [-0.2, 0) is 11.3 Å². The Kier molecular flexibility index (Phi) is 6.10. The van der Waals surface area contributed by atoms with E-state index < -0.39 is 0 Å². The number of hydrogen-bond donors (Lipinski definition) is 0. The maximum absolute atomic E-state index is 12.9. The van der Waals surface area contributed by atoms with E-state index in [1.54, 1.807) is 0 Å². The number of pyridine rings is 1. The molecule has 2 saturated heterocycles. The van der Waals surface area contributed by atoms with E-state index in [-0.39, 0.29) is 12.1 Å². The van der Waals surface area contributed by atoms with Gasteiger partial charge in [-0.25, -0.2) is 9.78 Å². The Morgan fingerprint density at radius 1 is 0.964 bits per heavy atom. The van der Waals surface area contributed by atoms with Gasteiger partial charge >= 0.3 is 6.09 Å². The molecule has 0 saturated carbocycles. The fourth-order valence-corrected chi connectivity index (χ4v) is 4.32. The summed E-state index contributed by atoms with van der Waals surface area (Å²) < 4.78 is 5.66. The predicted octanol–water partition coefficient (Wildman–Crippen LogP) is 4.94. The van der Waals surface area contributed by atoms with Crippen molar-refractivity contribution >= 4 is 11.9 Å². The van der Waals surface area contributed by atoms with Gasteiger partial charge in [-0.2, -0.15) is 0 Å². The molecule has 0 spiro atoms. The molecule has 28 heavy (non-hydrogen) atoms. The highest BCUT2D eigenvalue weighted by Gasteiger charge is 2.32. The molecule has 5 nitrogen and oxygen atoms in total. The van der Waals surface area contributed by atoms with Gasteiger partial charge in [-0.05, 0) is 50.2 Å². The number of amides is 1. The molecule has 3 heterocycles. The van der Waals surface area contributed by atoms with Crippen LogP contribution in [0, 0.1) is 0 Å². The van der Waals surface area contributed by atoms with Crippen LogP contribution in [0.5, 0.6) is 0 Å². The third-order valence-corrected chi connectivity index (χ3v) is 5.77. The van der Waals surface area contributed by atoms with Gasteiger partial charge in [-0.15, -0.1) is 0 Å². The molecule has 1 unspecified atom stereocenters. The van der Waals surface area contributed by atoms with Gasteiger partial charge in [0.1, 0.15) is 12.4 Å². The lowest BCUT2D eigenvalue weighted by molar-refractivity contribution is 0.0679. The molecule has 2 aliphatic rings. The van der Waals surface area contributed by atoms with Gasteiger partial charge in [-0.3, -0.25) is 0 Å². The molecule has 2 aliphatic heterocycles. The molecule has 1 amide bonds. The van der Waals surface area contributed by atoms with E-state index >= 15 is 0 Å². The van der Waals surface area contributed by atoms with Gasteiger partial charge in [0.15, 0.2) is 0 Å². The molecule has 0 N–H and O–H groups in total. The summed E-state index contributed by atoms with van der Waals surface area (Å²) in [7, 11) is 0. The van der Waals surface area contributed by atoms with E-state index in [1.807, 2.05) is 47.5 Å². The summed E-state index contributed by atoms with van der Waals surface area (Å²) in [4.78, 5) is 21.9. The van der Waals surface area contributed by atoms with Crippen LogP contribution in [-0.4, -0.2) is 35.6 Å². The fourth-order valence-electron chi connectivity index (χ4n) is 4.32. The van der Waals surface area contributed by atoms with E-state index in [4.69, 9.17) is 9.72 Å². The second-order valence-corrected chi connectivity index (χ2v) is 7.71. The summed E-state index contributed by atoms with van der Waals surface area (Å²) in [5.74, 6) is 1.05. The molecule has 5 heteroatoms. The van der Waals surface area contributed by atoms with Crippen molar-refractivity contribution in [3.8, 4) is 0 Å². The Bertz CT molecular complexity index is 774. The van der Waals surface area contributed by atoms with Crippen molar-refractivity contribution in [2.75, 3.05) is 24.5 Å². The van der Waals surface area contributed by atoms with Crippen LogP contribution in [0.15, 0.2) is 48.7 Å². The first-order valence-electron chi connectivity index (χ1n) is 10.5. The minimum absolute atomic E-state index is 0.0441. The highest BCUT2D eigenvalue weighted by Crippen LogP contribution is 2.36. The van der Waals surface area contributed by atoms with Crippen molar-refractivity contribution in [1.29, 1.82) is 0 Å². The van der Waals surface area contributed by atoms with E-state index in [2.05, 4.69) is 11.0 Å². The summed E-state index contributed by atoms with van der Waals surface area (Å²) in [6.07, 6.45) is 8.48. The highest BCUT2D eigenvalue weighted by atomic mass is 16.6. The van der Waals surface area contributed by atoms with Crippen LogP contribution in [0.25, 0.3) is 0 Å². The van der Waals surface area contributed by atoms with E-state index in [9.17, 15) is 4.79 Å². The van der Waals surface area contributed by atoms with Crippen LogP contribution in [0.4, 0.5) is 10.6 Å². The molecular formula is C23H29N3O2. The first kappa shape index (κ1) is 18.8. The van der Waals surface area contributed by atoms with Crippen molar-refractivity contribution in [3.63, 3.8) is 0 Å². The number of carbonyl (C=O) groups excluding carboxylic acids is 1. The fraction of sp³-hybridized carbons (Fsp3) is 0.478. The van der Waals surface area contributed by atoms with Crippen LogP contribution in [0.3, 0.4) is 0 Å². The van der Waals surface area contributed by atoms with Crippen LogP contribution in [0.2, 0.25) is 0 Å². The van der Waals surface area contributed by atoms with Crippen LogP contribution < -0.4 is 4.90 Å². The zero-order valence-corrected chi connectivity index (χ0v) is 16.4. The molecule has 2 aromatic rings. The molecule has 0 radical (unpaired) electrons. The van der Waals surface area contributed by atoms with Crippen molar-refractivity contribution in [3.05, 3.63) is 59.8 Å². The maximum atomic E-state index is 12.9. The van der Waals surface area contributed by atoms with Crippen molar-refractivity contribution in [2.45, 2.75) is 51.2 Å². The molecule has 1 aromatic heterocycles. The van der Waals surface area contributed by atoms with Gasteiger partial charge in [0.05, 0.1) is 6.04 Å². The monoisotopic (exact) mass is 379 g/mol. The second-order valence-electron chi connectivity index (χ2n) is 7.71. The van der Waals surface area contributed by atoms with Crippen LogP contribution >= 0.6 is 0 Å². The molecule has 0 aliphatic carbocycles. The Balaban J connectivity index is 1.51. The summed E-state index contributed by atoms with van der Waals surface area (Å²) in [5, 5.41) is 0. The lowest BCUT2D eigenvalue weighted by Crippen LogP contribution is -2.40. The standard InChI is InChI=1S/C23H29N3O2/c27-23(28-18-19-10-3-1-4-11-19)26-17-8-5-13-21(26)20-12-9-14-24-22(20)25-15-6-2-7-16-25/h1,3-4,9-12,14,21H,2,5-8,13,15-18H2. The summed E-state index contributed by atoms with van der Waals surface area (Å²) in [6, 6.07) is 14.0. The third kappa shape index (κ3) is 4.29. The molecule has 4 rings (SSSR count). The number of hydrogen-bond acceptors (Lipinski definition) is 4. The topological polar surface area (TPSA) is 45.7 Å². The quantitative estimate of drug-likeness (QED) is 0.755. The summed E-state index contributed by atoms with van der Waals surface area (Å²) in [5.41, 5.74) is 2.18. The Morgan fingerprint density at radius 3 is 2.57 bits per heavy atom. The summed E-state index contributed by atoms with van der Waals surface area (Å²) in [6.45, 7) is 3.16. The zero-order chi connectivity index (χ0) is 19.2. The van der Waals surface area contributed by atoms with Crippen molar-refractivity contribution in [1.82, 2.24) is 9.88 Å². The number of anilines is 1. The van der Waals surface area contributed by atoms with Gasteiger partial charge < -0.3 is 14.5 Å². The number of likely N-dealkylation sites (tertiary alicyclic amines) is 1. The molecule has 0 bridgehead atoms. The first-order chi connectivity index (χ1) is 13.8. The van der Waals surface area contributed by atoms with Crippen LogP contribution in [0.1, 0.15) is 55.7 Å². The predicted molar refractivity (Wildman–Crippen MR) is 110 cm³/mol. The van der Waals surface area contributed by atoms with E-state index in [0.29, 0.717) is 6.61 Å². The van der Waals surface area contributed by atoms with Gasteiger partial charge in [0.2, 0.25) is 0 Å². The lowest BCUT2D eigenvalue weighted by Gasteiger charge is -2.38.